The molecule has 1 aliphatic heterocycles. The lowest BCUT2D eigenvalue weighted by Gasteiger charge is -2.34. The van der Waals surface area contributed by atoms with E-state index in [1.807, 2.05) is 6.92 Å². The fraction of sp³-hybridized carbons (Fsp3) is 0.900. The number of rotatable bonds is 4. The molecular formula is C10H20N2O4S. The number of amides is 1. The molecule has 1 rings (SSSR count). The zero-order valence-corrected chi connectivity index (χ0v) is 11.3. The maximum absolute atomic E-state index is 11.7. The Balaban J connectivity index is 2.55. The highest BCUT2D eigenvalue weighted by atomic mass is 32.2. The molecule has 1 saturated heterocycles. The second-order valence-electron chi connectivity index (χ2n) is 4.76. The van der Waals surface area contributed by atoms with E-state index in [1.165, 1.54) is 14.1 Å². The van der Waals surface area contributed by atoms with Gasteiger partial charge in [-0.25, -0.2) is 12.7 Å². The number of sulfonamides is 1. The van der Waals surface area contributed by atoms with Gasteiger partial charge in [0, 0.05) is 32.8 Å². The minimum absolute atomic E-state index is 0.350. The summed E-state index contributed by atoms with van der Waals surface area (Å²) in [5, 5.41) is 2.78. The third kappa shape index (κ3) is 4.25. The Bertz CT molecular complexity index is 372. The first-order valence-corrected chi connectivity index (χ1v) is 7.15. The summed E-state index contributed by atoms with van der Waals surface area (Å²) in [6, 6.07) is 0. The lowest BCUT2D eigenvalue weighted by Crippen LogP contribution is -2.51. The van der Waals surface area contributed by atoms with Crippen LogP contribution in [0.1, 0.15) is 19.8 Å². The Morgan fingerprint density at radius 2 is 1.88 bits per heavy atom. The molecule has 0 radical (unpaired) electrons. The van der Waals surface area contributed by atoms with Gasteiger partial charge < -0.3 is 10.1 Å². The van der Waals surface area contributed by atoms with Crippen LogP contribution >= 0.6 is 0 Å². The molecule has 0 aliphatic carbocycles. The molecule has 1 aliphatic rings. The van der Waals surface area contributed by atoms with Gasteiger partial charge in [-0.15, -0.1) is 0 Å². The van der Waals surface area contributed by atoms with Gasteiger partial charge in [-0.3, -0.25) is 4.79 Å². The maximum Gasteiger partial charge on any atom is 0.237 e. The van der Waals surface area contributed by atoms with Gasteiger partial charge in [0.15, 0.2) is 0 Å². The van der Waals surface area contributed by atoms with E-state index in [0.29, 0.717) is 26.1 Å². The van der Waals surface area contributed by atoms with Crippen molar-refractivity contribution in [1.82, 2.24) is 9.62 Å². The van der Waals surface area contributed by atoms with E-state index in [4.69, 9.17) is 4.74 Å². The highest BCUT2D eigenvalue weighted by molar-refractivity contribution is 7.89. The Morgan fingerprint density at radius 1 is 1.35 bits per heavy atom. The topological polar surface area (TPSA) is 75.7 Å². The lowest BCUT2D eigenvalue weighted by atomic mass is 9.92. The van der Waals surface area contributed by atoms with E-state index in [1.54, 1.807) is 0 Å². The first kappa shape index (κ1) is 14.4. The molecule has 0 aromatic rings. The molecule has 1 N–H and O–H groups in total. The largest absolute Gasteiger partial charge is 0.381 e. The van der Waals surface area contributed by atoms with E-state index >= 15 is 0 Å². The molecule has 100 valence electrons. The summed E-state index contributed by atoms with van der Waals surface area (Å²) in [7, 11) is -0.654. The van der Waals surface area contributed by atoms with Crippen LogP contribution in [0.15, 0.2) is 0 Å². The molecular weight excluding hydrogens is 244 g/mol. The van der Waals surface area contributed by atoms with Crippen LogP contribution in [0, 0.1) is 0 Å². The fourth-order valence-electron chi connectivity index (χ4n) is 1.61. The Labute approximate surface area is 102 Å². The molecule has 1 amide bonds. The number of nitrogens with zero attached hydrogens (tertiary/aromatic N) is 1. The number of nitrogens with one attached hydrogen (secondary N) is 1. The van der Waals surface area contributed by atoms with Crippen molar-refractivity contribution in [1.29, 1.82) is 0 Å². The molecule has 0 aromatic heterocycles. The molecule has 0 unspecified atom stereocenters. The summed E-state index contributed by atoms with van der Waals surface area (Å²) in [6.07, 6.45) is 1.42. The number of hydrogen-bond acceptors (Lipinski definition) is 4. The second kappa shape index (κ2) is 5.32. The Kier molecular flexibility index (Phi) is 4.51. The molecule has 0 atom stereocenters. The molecule has 0 bridgehead atoms. The van der Waals surface area contributed by atoms with Crippen molar-refractivity contribution < 1.29 is 17.9 Å². The van der Waals surface area contributed by atoms with Crippen molar-refractivity contribution in [3.05, 3.63) is 0 Å². The first-order chi connectivity index (χ1) is 7.75. The molecule has 0 aromatic carbocycles. The SMILES string of the molecule is CN(C)S(=O)(=O)CC(=O)NC1(C)CCOCC1. The first-order valence-electron chi connectivity index (χ1n) is 5.54. The number of ether oxygens (including phenoxy) is 1. The molecule has 6 nitrogen and oxygen atoms in total. The normalized spacial score (nSPS) is 20.2. The standard InChI is InChI=1S/C10H20N2O4S/c1-10(4-6-16-7-5-10)11-9(13)8-17(14,15)12(2)3/h4-8H2,1-3H3,(H,11,13). The average molecular weight is 264 g/mol. The van der Waals surface area contributed by atoms with Crippen molar-refractivity contribution in [2.45, 2.75) is 25.3 Å². The summed E-state index contributed by atoms with van der Waals surface area (Å²) in [6.45, 7) is 3.10. The number of hydrogen-bond donors (Lipinski definition) is 1. The smallest absolute Gasteiger partial charge is 0.237 e. The van der Waals surface area contributed by atoms with Gasteiger partial charge >= 0.3 is 0 Å². The lowest BCUT2D eigenvalue weighted by molar-refractivity contribution is -0.121. The zero-order valence-electron chi connectivity index (χ0n) is 10.5. The highest BCUT2D eigenvalue weighted by Crippen LogP contribution is 2.19. The molecule has 0 spiro atoms. The van der Waals surface area contributed by atoms with Gasteiger partial charge in [0.1, 0.15) is 5.75 Å². The van der Waals surface area contributed by atoms with Crippen LogP contribution in [0.4, 0.5) is 0 Å². The predicted molar refractivity (Wildman–Crippen MR) is 64.1 cm³/mol. The van der Waals surface area contributed by atoms with Crippen LogP contribution in [0.25, 0.3) is 0 Å². The Morgan fingerprint density at radius 3 is 2.35 bits per heavy atom. The Hall–Kier alpha value is -0.660. The number of carbonyl (C=O) groups is 1. The van der Waals surface area contributed by atoms with Crippen LogP contribution in [0.3, 0.4) is 0 Å². The van der Waals surface area contributed by atoms with E-state index in [-0.39, 0.29) is 5.54 Å². The average Bonchev–Trinajstić information content (AvgIpc) is 2.16. The van der Waals surface area contributed by atoms with Crippen LogP contribution in [-0.2, 0) is 19.6 Å². The second-order valence-corrected chi connectivity index (χ2v) is 6.94. The van der Waals surface area contributed by atoms with Gasteiger partial charge in [0.25, 0.3) is 0 Å². The summed E-state index contributed by atoms with van der Waals surface area (Å²) < 4.78 is 29.3. The molecule has 1 heterocycles. The van der Waals surface area contributed by atoms with Crippen molar-refractivity contribution >= 4 is 15.9 Å². The summed E-state index contributed by atoms with van der Waals surface area (Å²) >= 11 is 0. The number of carbonyl (C=O) groups excluding carboxylic acids is 1. The van der Waals surface area contributed by atoms with Crippen LogP contribution in [0.2, 0.25) is 0 Å². The van der Waals surface area contributed by atoms with Crippen molar-refractivity contribution in [2.24, 2.45) is 0 Å². The quantitative estimate of drug-likeness (QED) is 0.747. The van der Waals surface area contributed by atoms with E-state index in [9.17, 15) is 13.2 Å². The van der Waals surface area contributed by atoms with E-state index < -0.39 is 21.7 Å². The minimum atomic E-state index is -3.48. The van der Waals surface area contributed by atoms with Crippen molar-refractivity contribution in [3.63, 3.8) is 0 Å². The fourth-order valence-corrected chi connectivity index (χ4v) is 2.28. The van der Waals surface area contributed by atoms with E-state index in [0.717, 1.165) is 4.31 Å². The summed E-state index contributed by atoms with van der Waals surface area (Å²) in [5.41, 5.74) is -0.350. The summed E-state index contributed by atoms with van der Waals surface area (Å²) in [4.78, 5) is 11.7. The van der Waals surface area contributed by atoms with Crippen molar-refractivity contribution in [3.8, 4) is 0 Å². The third-order valence-corrected chi connectivity index (χ3v) is 4.65. The van der Waals surface area contributed by atoms with Crippen molar-refractivity contribution in [2.75, 3.05) is 33.1 Å². The highest BCUT2D eigenvalue weighted by Gasteiger charge is 2.30. The maximum atomic E-state index is 11.7. The molecule has 17 heavy (non-hydrogen) atoms. The molecule has 0 saturated carbocycles. The minimum Gasteiger partial charge on any atom is -0.381 e. The van der Waals surface area contributed by atoms with E-state index in [2.05, 4.69) is 5.32 Å². The third-order valence-electron chi connectivity index (χ3n) is 2.91. The van der Waals surface area contributed by atoms with Crippen LogP contribution in [0.5, 0.6) is 0 Å². The van der Waals surface area contributed by atoms with Crippen LogP contribution in [-0.4, -0.2) is 57.2 Å². The van der Waals surface area contributed by atoms with Gasteiger partial charge in [0.05, 0.1) is 0 Å². The monoisotopic (exact) mass is 264 g/mol. The predicted octanol–water partition coefficient (Wildman–Crippen LogP) is -0.437. The van der Waals surface area contributed by atoms with Gasteiger partial charge in [-0.05, 0) is 19.8 Å². The molecule has 1 fully saturated rings. The van der Waals surface area contributed by atoms with Gasteiger partial charge in [-0.1, -0.05) is 0 Å². The van der Waals surface area contributed by atoms with Crippen LogP contribution < -0.4 is 5.32 Å². The summed E-state index contributed by atoms with van der Waals surface area (Å²) in [5.74, 6) is -0.959. The molecule has 7 heteroatoms. The van der Waals surface area contributed by atoms with Gasteiger partial charge in [0.2, 0.25) is 15.9 Å². The van der Waals surface area contributed by atoms with Gasteiger partial charge in [-0.2, -0.15) is 0 Å². The zero-order chi connectivity index (χ0) is 13.1.